The molecule has 0 bridgehead atoms. The molecule has 28 heavy (non-hydrogen) atoms. The molecule has 0 atom stereocenters. The number of carbonyl (C=O) groups is 2. The number of thiazole rings is 1. The second-order valence-corrected chi connectivity index (χ2v) is 6.76. The Bertz CT molecular complexity index is 1100. The van der Waals surface area contributed by atoms with Gasteiger partial charge in [0.25, 0.3) is 5.91 Å². The zero-order valence-corrected chi connectivity index (χ0v) is 16.8. The normalized spacial score (nSPS) is 11.6. The van der Waals surface area contributed by atoms with Crippen LogP contribution in [0.25, 0.3) is 10.2 Å². The van der Waals surface area contributed by atoms with Gasteiger partial charge in [0.2, 0.25) is 5.88 Å². The third-order valence-electron chi connectivity index (χ3n) is 3.90. The Labute approximate surface area is 164 Å². The largest absolute Gasteiger partial charge is 0.497 e. The molecule has 3 rings (SSSR count). The molecule has 0 aliphatic rings. The zero-order chi connectivity index (χ0) is 20.3. The number of aryl methyl sites for hydroxylation is 1. The van der Waals surface area contributed by atoms with Crippen LogP contribution in [0.1, 0.15) is 17.3 Å². The van der Waals surface area contributed by atoms with Gasteiger partial charge in [0, 0.05) is 13.2 Å². The lowest BCUT2D eigenvalue weighted by Crippen LogP contribution is -2.23. The van der Waals surface area contributed by atoms with E-state index >= 15 is 0 Å². The highest BCUT2D eigenvalue weighted by Crippen LogP contribution is 2.23. The van der Waals surface area contributed by atoms with Gasteiger partial charge in [0.1, 0.15) is 17.9 Å². The molecule has 0 aliphatic heterocycles. The molecule has 0 aliphatic carbocycles. The molecule has 1 amide bonds. The molecule has 0 saturated carbocycles. The number of methoxy groups -OCH3 is 2. The summed E-state index contributed by atoms with van der Waals surface area (Å²) >= 11 is 1.28. The zero-order valence-electron chi connectivity index (χ0n) is 16.0. The van der Waals surface area contributed by atoms with Crippen LogP contribution in [0.15, 0.2) is 29.4 Å². The summed E-state index contributed by atoms with van der Waals surface area (Å²) in [5.74, 6) is -0.0632. The Balaban J connectivity index is 2.13. The lowest BCUT2D eigenvalue weighted by molar-refractivity contribution is -0.143. The molecule has 0 N–H and O–H groups in total. The summed E-state index contributed by atoms with van der Waals surface area (Å²) in [5, 5.41) is 4.07. The Kier molecular flexibility index (Phi) is 5.78. The molecule has 0 unspecified atom stereocenters. The number of benzene rings is 1. The Hall–Kier alpha value is -3.14. The van der Waals surface area contributed by atoms with Gasteiger partial charge in [0.15, 0.2) is 4.80 Å². The van der Waals surface area contributed by atoms with E-state index in [-0.39, 0.29) is 24.6 Å². The summed E-state index contributed by atoms with van der Waals surface area (Å²) in [6.45, 7) is 1.95. The fourth-order valence-corrected chi connectivity index (χ4v) is 3.72. The minimum absolute atomic E-state index is 0.0591. The van der Waals surface area contributed by atoms with E-state index in [1.807, 2.05) is 12.1 Å². The number of amides is 1. The van der Waals surface area contributed by atoms with Gasteiger partial charge in [-0.3, -0.25) is 14.3 Å². The molecular formula is C18H20N4O5S. The highest BCUT2D eigenvalue weighted by atomic mass is 32.1. The highest BCUT2D eigenvalue weighted by molar-refractivity contribution is 7.16. The molecule has 2 heterocycles. The quantitative estimate of drug-likeness (QED) is 0.581. The van der Waals surface area contributed by atoms with E-state index in [0.29, 0.717) is 10.6 Å². The summed E-state index contributed by atoms with van der Waals surface area (Å²) < 4.78 is 19.4. The van der Waals surface area contributed by atoms with Crippen molar-refractivity contribution in [2.45, 2.75) is 13.5 Å². The smallest absolute Gasteiger partial charge is 0.326 e. The number of ether oxygens (including phenoxy) is 3. The molecule has 0 saturated heterocycles. The Morgan fingerprint density at radius 1 is 1.25 bits per heavy atom. The number of nitrogens with zero attached hydrogens (tertiary/aromatic N) is 4. The van der Waals surface area contributed by atoms with E-state index in [1.165, 1.54) is 29.3 Å². The van der Waals surface area contributed by atoms with E-state index in [2.05, 4.69) is 10.1 Å². The molecule has 1 aromatic carbocycles. The molecule has 0 fully saturated rings. The first-order valence-corrected chi connectivity index (χ1v) is 9.28. The fourth-order valence-electron chi connectivity index (χ4n) is 2.67. The standard InChI is InChI=1S/C18H20N4O5S/c1-5-27-15(23)10-22-13-7-6-11(25-3)8-14(13)28-18(22)19-16(24)12-9-21(2)20-17(12)26-4/h6-9H,5,10H2,1-4H3. The molecule has 9 nitrogen and oxygen atoms in total. The van der Waals surface area contributed by atoms with Crippen LogP contribution in [-0.4, -0.2) is 47.1 Å². The van der Waals surface area contributed by atoms with Crippen molar-refractivity contribution in [3.8, 4) is 11.6 Å². The van der Waals surface area contributed by atoms with Gasteiger partial charge < -0.3 is 18.8 Å². The summed E-state index contributed by atoms with van der Waals surface area (Å²) in [7, 11) is 4.70. The predicted molar refractivity (Wildman–Crippen MR) is 103 cm³/mol. The van der Waals surface area contributed by atoms with Crippen LogP contribution in [0.2, 0.25) is 0 Å². The first-order valence-electron chi connectivity index (χ1n) is 8.46. The molecule has 148 valence electrons. The van der Waals surface area contributed by atoms with Crippen LogP contribution in [0, 0.1) is 0 Å². The van der Waals surface area contributed by atoms with E-state index in [4.69, 9.17) is 14.2 Å². The van der Waals surface area contributed by atoms with Crippen LogP contribution >= 0.6 is 11.3 Å². The Morgan fingerprint density at radius 2 is 2.04 bits per heavy atom. The van der Waals surface area contributed by atoms with Crippen molar-refractivity contribution in [3.05, 3.63) is 34.8 Å². The number of carbonyl (C=O) groups excluding carboxylic acids is 2. The topological polar surface area (TPSA) is 96.9 Å². The molecule has 3 aromatic rings. The minimum Gasteiger partial charge on any atom is -0.497 e. The van der Waals surface area contributed by atoms with Gasteiger partial charge in [-0.1, -0.05) is 11.3 Å². The summed E-state index contributed by atoms with van der Waals surface area (Å²) in [6, 6.07) is 5.43. The van der Waals surface area contributed by atoms with Gasteiger partial charge in [0.05, 0.1) is 31.0 Å². The van der Waals surface area contributed by atoms with Crippen molar-refractivity contribution in [3.63, 3.8) is 0 Å². The van der Waals surface area contributed by atoms with Crippen LogP contribution in [0.5, 0.6) is 11.6 Å². The van der Waals surface area contributed by atoms with Crippen molar-refractivity contribution < 1.29 is 23.8 Å². The van der Waals surface area contributed by atoms with E-state index in [1.54, 1.807) is 31.7 Å². The first kappa shape index (κ1) is 19.6. The molecule has 0 radical (unpaired) electrons. The summed E-state index contributed by atoms with van der Waals surface area (Å²) in [5.41, 5.74) is 0.992. The number of rotatable bonds is 6. The van der Waals surface area contributed by atoms with Crippen molar-refractivity contribution in [1.82, 2.24) is 14.3 Å². The number of esters is 1. The maximum atomic E-state index is 12.7. The van der Waals surface area contributed by atoms with Crippen LogP contribution in [0.3, 0.4) is 0 Å². The van der Waals surface area contributed by atoms with Crippen LogP contribution in [-0.2, 0) is 23.1 Å². The maximum absolute atomic E-state index is 12.7. The number of fused-ring (bicyclic) bond motifs is 1. The highest BCUT2D eigenvalue weighted by Gasteiger charge is 2.18. The monoisotopic (exact) mass is 404 g/mol. The van der Waals surface area contributed by atoms with E-state index < -0.39 is 11.9 Å². The third-order valence-corrected chi connectivity index (χ3v) is 4.94. The van der Waals surface area contributed by atoms with Gasteiger partial charge in [-0.15, -0.1) is 5.10 Å². The average molecular weight is 404 g/mol. The Morgan fingerprint density at radius 3 is 2.71 bits per heavy atom. The van der Waals surface area contributed by atoms with Crippen molar-refractivity contribution >= 4 is 33.4 Å². The molecular weight excluding hydrogens is 384 g/mol. The molecule has 10 heteroatoms. The van der Waals surface area contributed by atoms with Gasteiger partial charge >= 0.3 is 5.97 Å². The maximum Gasteiger partial charge on any atom is 0.326 e. The van der Waals surface area contributed by atoms with Crippen molar-refractivity contribution in [2.75, 3.05) is 20.8 Å². The van der Waals surface area contributed by atoms with Gasteiger partial charge in [-0.05, 0) is 25.1 Å². The number of aromatic nitrogens is 3. The number of hydrogen-bond donors (Lipinski definition) is 0. The fraction of sp³-hybridized carbons (Fsp3) is 0.333. The van der Waals surface area contributed by atoms with E-state index in [0.717, 1.165) is 10.2 Å². The van der Waals surface area contributed by atoms with Crippen molar-refractivity contribution in [2.24, 2.45) is 12.0 Å². The lowest BCUT2D eigenvalue weighted by atomic mass is 10.3. The van der Waals surface area contributed by atoms with Gasteiger partial charge in [-0.2, -0.15) is 4.99 Å². The second kappa shape index (κ2) is 8.26. The molecule has 0 spiro atoms. The summed E-state index contributed by atoms with van der Waals surface area (Å²) in [6.07, 6.45) is 1.54. The number of hydrogen-bond acceptors (Lipinski definition) is 7. The second-order valence-electron chi connectivity index (χ2n) is 5.75. The lowest BCUT2D eigenvalue weighted by Gasteiger charge is -2.05. The van der Waals surface area contributed by atoms with Crippen LogP contribution < -0.4 is 14.3 Å². The average Bonchev–Trinajstić information content (AvgIpc) is 3.21. The van der Waals surface area contributed by atoms with E-state index in [9.17, 15) is 9.59 Å². The predicted octanol–water partition coefficient (Wildman–Crippen LogP) is 1.76. The van der Waals surface area contributed by atoms with Gasteiger partial charge in [-0.25, -0.2) is 0 Å². The van der Waals surface area contributed by atoms with Crippen LogP contribution in [0.4, 0.5) is 0 Å². The SMILES string of the molecule is CCOC(=O)Cn1c(=NC(=O)c2cn(C)nc2OC)sc2cc(OC)ccc21. The summed E-state index contributed by atoms with van der Waals surface area (Å²) in [4.78, 5) is 29.4. The third kappa shape index (κ3) is 3.91. The molecule has 2 aromatic heterocycles. The van der Waals surface area contributed by atoms with Crippen molar-refractivity contribution in [1.29, 1.82) is 0 Å². The minimum atomic E-state index is -0.513. The first-order chi connectivity index (χ1) is 13.5.